The molecule has 6 nitrogen and oxygen atoms in total. The molecule has 0 radical (unpaired) electrons. The van der Waals surface area contributed by atoms with Crippen molar-refractivity contribution in [3.63, 3.8) is 0 Å². The molecule has 3 rings (SSSR count). The maximum absolute atomic E-state index is 12.3. The number of halogens is 2. The molecular weight excluding hydrogens is 443 g/mol. The van der Waals surface area contributed by atoms with Crippen LogP contribution in [0.5, 0.6) is 5.75 Å². The summed E-state index contributed by atoms with van der Waals surface area (Å²) >= 11 is 12.8. The lowest BCUT2D eigenvalue weighted by atomic mass is 9.85. The third kappa shape index (κ3) is 4.13. The Morgan fingerprint density at radius 3 is 2.10 bits per heavy atom. The van der Waals surface area contributed by atoms with Crippen molar-refractivity contribution >= 4 is 46.5 Å². The quantitative estimate of drug-likeness (QED) is 0.552. The Morgan fingerprint density at radius 1 is 0.935 bits per heavy atom. The molecule has 2 aromatic carbocycles. The first kappa shape index (κ1) is 22.3. The first-order valence-electron chi connectivity index (χ1n) is 8.96. The molecule has 0 spiro atoms. The first-order valence-corrected chi connectivity index (χ1v) is 9.72. The van der Waals surface area contributed by atoms with Crippen molar-refractivity contribution in [3.8, 4) is 5.75 Å². The Balaban J connectivity index is 2.50. The van der Waals surface area contributed by atoms with E-state index < -0.39 is 29.0 Å². The standard InChI is InChI=1S/C23H16Cl2O6/c1-10-6-12(8-14(20(10)26)22(28)29)18(19-16(24)4-3-5-17(19)25)13-7-11(2)21(27)15(9-13)23(30)31/h3-9,26H,1-2H3,(H,28,29)(H,30,31)/b18-13+. The van der Waals surface area contributed by atoms with Crippen molar-refractivity contribution in [2.45, 2.75) is 13.8 Å². The van der Waals surface area contributed by atoms with Gasteiger partial charge >= 0.3 is 11.9 Å². The van der Waals surface area contributed by atoms with Crippen molar-refractivity contribution in [2.24, 2.45) is 0 Å². The van der Waals surface area contributed by atoms with Gasteiger partial charge in [0, 0.05) is 15.6 Å². The normalized spacial score (nSPS) is 15.3. The zero-order valence-electron chi connectivity index (χ0n) is 16.4. The Labute approximate surface area is 187 Å². The zero-order chi connectivity index (χ0) is 23.0. The highest BCUT2D eigenvalue weighted by atomic mass is 35.5. The van der Waals surface area contributed by atoms with Gasteiger partial charge in [-0.1, -0.05) is 29.3 Å². The fourth-order valence-corrected chi connectivity index (χ4v) is 3.94. The van der Waals surface area contributed by atoms with Gasteiger partial charge < -0.3 is 15.3 Å². The van der Waals surface area contributed by atoms with Crippen molar-refractivity contribution in [2.75, 3.05) is 0 Å². The number of hydrogen-bond acceptors (Lipinski definition) is 4. The molecule has 0 atom stereocenters. The average molecular weight is 459 g/mol. The number of ketones is 1. The van der Waals surface area contributed by atoms with Crippen molar-refractivity contribution in [3.05, 3.63) is 91.5 Å². The van der Waals surface area contributed by atoms with E-state index in [1.165, 1.54) is 38.1 Å². The molecule has 0 amide bonds. The highest BCUT2D eigenvalue weighted by molar-refractivity contribution is 6.38. The molecule has 0 aliphatic heterocycles. The molecule has 31 heavy (non-hydrogen) atoms. The number of aromatic hydroxyl groups is 1. The number of carboxylic acid groups (broad SMARTS) is 2. The highest BCUT2D eigenvalue weighted by Crippen LogP contribution is 2.41. The number of benzene rings is 2. The Morgan fingerprint density at radius 2 is 1.55 bits per heavy atom. The second-order valence-corrected chi connectivity index (χ2v) is 7.76. The minimum absolute atomic E-state index is 0.185. The predicted molar refractivity (Wildman–Crippen MR) is 117 cm³/mol. The second kappa shape index (κ2) is 8.41. The topological polar surface area (TPSA) is 112 Å². The van der Waals surface area contributed by atoms with Crippen LogP contribution in [0.25, 0.3) is 5.57 Å². The van der Waals surface area contributed by atoms with Crippen LogP contribution in [0, 0.1) is 6.92 Å². The number of carbonyl (C=O) groups excluding carboxylic acids is 1. The third-order valence-electron chi connectivity index (χ3n) is 4.83. The van der Waals surface area contributed by atoms with Gasteiger partial charge in [0.05, 0.1) is 0 Å². The van der Waals surface area contributed by atoms with Crippen molar-refractivity contribution in [1.29, 1.82) is 0 Å². The minimum Gasteiger partial charge on any atom is -0.507 e. The summed E-state index contributed by atoms with van der Waals surface area (Å²) in [5.41, 5.74) is 0.989. The summed E-state index contributed by atoms with van der Waals surface area (Å²) in [5.74, 6) is -3.76. The van der Waals surface area contributed by atoms with Crippen LogP contribution < -0.4 is 0 Å². The van der Waals surface area contributed by atoms with Crippen LogP contribution in [0.1, 0.15) is 34.0 Å². The van der Waals surface area contributed by atoms with E-state index in [4.69, 9.17) is 23.2 Å². The zero-order valence-corrected chi connectivity index (χ0v) is 17.9. The number of allylic oxidation sites excluding steroid dienone is 4. The minimum atomic E-state index is -1.40. The summed E-state index contributed by atoms with van der Waals surface area (Å²) in [6.07, 6.45) is 2.70. The van der Waals surface area contributed by atoms with Gasteiger partial charge in [0.25, 0.3) is 0 Å². The van der Waals surface area contributed by atoms with Gasteiger partial charge in [-0.25, -0.2) is 9.59 Å². The molecule has 158 valence electrons. The van der Waals surface area contributed by atoms with E-state index in [0.717, 1.165) is 0 Å². The smallest absolute Gasteiger partial charge is 0.339 e. The number of carboxylic acids is 2. The molecule has 0 saturated carbocycles. The number of carbonyl (C=O) groups is 3. The molecule has 1 aliphatic rings. The molecule has 0 unspecified atom stereocenters. The molecule has 0 fully saturated rings. The van der Waals surface area contributed by atoms with E-state index in [9.17, 15) is 29.7 Å². The summed E-state index contributed by atoms with van der Waals surface area (Å²) in [5, 5.41) is 29.6. The molecule has 0 bridgehead atoms. The van der Waals surface area contributed by atoms with Crippen LogP contribution in [-0.2, 0) is 9.59 Å². The van der Waals surface area contributed by atoms with E-state index in [2.05, 4.69) is 0 Å². The van der Waals surface area contributed by atoms with Gasteiger partial charge in [-0.2, -0.15) is 0 Å². The monoisotopic (exact) mass is 458 g/mol. The van der Waals surface area contributed by atoms with Gasteiger partial charge in [-0.15, -0.1) is 0 Å². The molecule has 0 aromatic heterocycles. The summed E-state index contributed by atoms with van der Waals surface area (Å²) in [6.45, 7) is 3.01. The fraction of sp³-hybridized carbons (Fsp3) is 0.0870. The van der Waals surface area contributed by atoms with Gasteiger partial charge in [0.1, 0.15) is 16.9 Å². The molecular formula is C23H16Cl2O6. The van der Waals surface area contributed by atoms with Gasteiger partial charge in [0.2, 0.25) is 0 Å². The molecule has 1 aliphatic carbocycles. The van der Waals surface area contributed by atoms with Gasteiger partial charge in [0.15, 0.2) is 5.78 Å². The third-order valence-corrected chi connectivity index (χ3v) is 5.46. The Hall–Kier alpha value is -3.35. The number of aryl methyl sites for hydroxylation is 1. The number of rotatable bonds is 4. The van der Waals surface area contributed by atoms with Crippen LogP contribution >= 0.6 is 23.2 Å². The molecule has 3 N–H and O–H groups in total. The Bertz CT molecular complexity index is 1230. The van der Waals surface area contributed by atoms with Crippen LogP contribution in [0.2, 0.25) is 10.0 Å². The highest BCUT2D eigenvalue weighted by Gasteiger charge is 2.27. The van der Waals surface area contributed by atoms with Gasteiger partial charge in [-0.05, 0) is 78.1 Å². The summed E-state index contributed by atoms with van der Waals surface area (Å²) < 4.78 is 0. The molecule has 0 saturated heterocycles. The van der Waals surface area contributed by atoms with Crippen molar-refractivity contribution < 1.29 is 29.7 Å². The molecule has 2 aromatic rings. The van der Waals surface area contributed by atoms with Crippen LogP contribution in [-0.4, -0.2) is 33.0 Å². The maximum atomic E-state index is 12.3. The number of aromatic carboxylic acids is 1. The largest absolute Gasteiger partial charge is 0.507 e. The number of phenols is 1. The maximum Gasteiger partial charge on any atom is 0.339 e. The average Bonchev–Trinajstić information content (AvgIpc) is 2.68. The summed E-state index contributed by atoms with van der Waals surface area (Å²) in [4.78, 5) is 35.6. The van der Waals surface area contributed by atoms with Crippen LogP contribution in [0.15, 0.2) is 59.2 Å². The lowest BCUT2D eigenvalue weighted by molar-refractivity contribution is -0.134. The fourth-order valence-electron chi connectivity index (χ4n) is 3.36. The predicted octanol–water partition coefficient (Wildman–Crippen LogP) is 5.05. The summed E-state index contributed by atoms with van der Waals surface area (Å²) in [7, 11) is 0. The van der Waals surface area contributed by atoms with E-state index in [1.807, 2.05) is 0 Å². The van der Waals surface area contributed by atoms with Crippen molar-refractivity contribution in [1.82, 2.24) is 0 Å². The van der Waals surface area contributed by atoms with E-state index in [-0.39, 0.29) is 26.7 Å². The number of hydrogen-bond donors (Lipinski definition) is 3. The second-order valence-electron chi connectivity index (χ2n) is 6.94. The SMILES string of the molecule is CC1=C/C(=C(/c2cc(C)c(O)c(C(=O)O)c2)c2c(Cl)cccc2Cl)C=C(C(=O)O)C1=O. The Kier molecular flexibility index (Phi) is 6.06. The van der Waals surface area contributed by atoms with E-state index in [0.29, 0.717) is 22.3 Å². The number of Topliss-reactive ketones (excluding diaryl/α,β-unsaturated/α-hetero) is 1. The van der Waals surface area contributed by atoms with Crippen LogP contribution in [0.4, 0.5) is 0 Å². The molecule has 8 heteroatoms. The first-order chi connectivity index (χ1) is 14.5. The molecule has 0 heterocycles. The van der Waals surface area contributed by atoms with E-state index in [1.54, 1.807) is 18.2 Å². The van der Waals surface area contributed by atoms with Crippen LogP contribution in [0.3, 0.4) is 0 Å². The van der Waals surface area contributed by atoms with Gasteiger partial charge in [-0.3, -0.25) is 4.79 Å². The number of aliphatic carboxylic acids is 1. The lowest BCUT2D eigenvalue weighted by Crippen LogP contribution is -2.17. The summed E-state index contributed by atoms with van der Waals surface area (Å²) in [6, 6.07) is 7.59. The van der Waals surface area contributed by atoms with E-state index >= 15 is 0 Å². The lowest BCUT2D eigenvalue weighted by Gasteiger charge is -2.19.